The zero-order valence-electron chi connectivity index (χ0n) is 16.1. The Morgan fingerprint density at radius 3 is 2.38 bits per heavy atom. The number of hydrogen-bond donors (Lipinski definition) is 1. The van der Waals surface area contributed by atoms with Crippen molar-refractivity contribution in [2.75, 3.05) is 37.6 Å². The van der Waals surface area contributed by atoms with Gasteiger partial charge in [-0.25, -0.2) is 4.39 Å². The van der Waals surface area contributed by atoms with E-state index in [1.54, 1.807) is 23.5 Å². The summed E-state index contributed by atoms with van der Waals surface area (Å²) in [5.41, 5.74) is 1.76. The van der Waals surface area contributed by atoms with Gasteiger partial charge in [-0.1, -0.05) is 48.5 Å². The predicted octanol–water partition coefficient (Wildman–Crippen LogP) is 3.92. The van der Waals surface area contributed by atoms with E-state index in [0.717, 1.165) is 5.56 Å². The fourth-order valence-electron chi connectivity index (χ4n) is 3.69. The first-order valence-corrected chi connectivity index (χ1v) is 10.7. The Morgan fingerprint density at radius 2 is 1.69 bits per heavy atom. The number of para-hydroxylation sites is 1. The first-order valence-electron chi connectivity index (χ1n) is 9.81. The number of halogens is 1. The van der Waals surface area contributed by atoms with Crippen molar-refractivity contribution in [2.45, 2.75) is 6.04 Å². The molecule has 29 heavy (non-hydrogen) atoms. The third-order valence-corrected chi connectivity index (χ3v) is 6.18. The van der Waals surface area contributed by atoms with Gasteiger partial charge in [-0.3, -0.25) is 10.1 Å². The largest absolute Gasteiger partial charge is 0.366 e. The van der Waals surface area contributed by atoms with Crippen LogP contribution in [0.25, 0.3) is 0 Å². The van der Waals surface area contributed by atoms with Gasteiger partial charge in [-0.2, -0.15) is 0 Å². The molecule has 3 aromatic rings. The first-order chi connectivity index (χ1) is 14.2. The van der Waals surface area contributed by atoms with Crippen LogP contribution in [0.3, 0.4) is 0 Å². The van der Waals surface area contributed by atoms with Crippen molar-refractivity contribution >= 4 is 22.9 Å². The molecule has 4 rings (SSSR count). The molecule has 1 fully saturated rings. The summed E-state index contributed by atoms with van der Waals surface area (Å²) in [7, 11) is 0. The van der Waals surface area contributed by atoms with E-state index in [0.29, 0.717) is 31.9 Å². The lowest BCUT2D eigenvalue weighted by Gasteiger charge is -2.36. The normalized spacial score (nSPS) is 15.3. The Labute approximate surface area is 174 Å². The Morgan fingerprint density at radius 1 is 0.966 bits per heavy atom. The van der Waals surface area contributed by atoms with E-state index in [1.165, 1.54) is 10.9 Å². The van der Waals surface area contributed by atoms with Gasteiger partial charge < -0.3 is 9.80 Å². The Kier molecular flexibility index (Phi) is 6.22. The molecule has 1 atom stereocenters. The standard InChI is InChI=1S/C23H24FN3OS/c24-19-9-4-5-10-20(19)26-12-14-27(15-13-26)22(28)17-25-23(21-11-6-16-29-21)18-7-2-1-3-8-18/h1-11,16,23,25H,12-15,17H2/t23-/m0/s1. The summed E-state index contributed by atoms with van der Waals surface area (Å²) in [6, 6.07) is 21.1. The highest BCUT2D eigenvalue weighted by atomic mass is 32.1. The summed E-state index contributed by atoms with van der Waals surface area (Å²) >= 11 is 1.68. The van der Waals surface area contributed by atoms with E-state index in [9.17, 15) is 9.18 Å². The van der Waals surface area contributed by atoms with Gasteiger partial charge in [0.25, 0.3) is 0 Å². The van der Waals surface area contributed by atoms with E-state index in [1.807, 2.05) is 40.1 Å². The summed E-state index contributed by atoms with van der Waals surface area (Å²) in [6.07, 6.45) is 0. The number of nitrogens with one attached hydrogen (secondary N) is 1. The van der Waals surface area contributed by atoms with Gasteiger partial charge in [0.05, 0.1) is 18.3 Å². The molecule has 2 heterocycles. The summed E-state index contributed by atoms with van der Waals surface area (Å²) < 4.78 is 14.0. The van der Waals surface area contributed by atoms with Crippen molar-refractivity contribution in [3.05, 3.63) is 88.4 Å². The maximum absolute atomic E-state index is 14.0. The first kappa shape index (κ1) is 19.6. The molecule has 0 saturated carbocycles. The van der Waals surface area contributed by atoms with Gasteiger partial charge in [0.1, 0.15) is 5.82 Å². The third-order valence-electron chi connectivity index (χ3n) is 5.24. The van der Waals surface area contributed by atoms with Crippen molar-refractivity contribution < 1.29 is 9.18 Å². The number of piperazine rings is 1. The number of thiophene rings is 1. The molecular formula is C23H24FN3OS. The maximum Gasteiger partial charge on any atom is 0.236 e. The molecule has 150 valence electrons. The zero-order chi connectivity index (χ0) is 20.1. The maximum atomic E-state index is 14.0. The summed E-state index contributed by atoms with van der Waals surface area (Å²) in [6.45, 7) is 2.75. The number of benzene rings is 2. The average Bonchev–Trinajstić information content (AvgIpc) is 3.30. The second kappa shape index (κ2) is 9.20. The quantitative estimate of drug-likeness (QED) is 0.670. The fourth-order valence-corrected chi connectivity index (χ4v) is 4.52. The van der Waals surface area contributed by atoms with Crippen LogP contribution in [0, 0.1) is 5.82 Å². The molecular weight excluding hydrogens is 385 g/mol. The average molecular weight is 410 g/mol. The highest BCUT2D eigenvalue weighted by Crippen LogP contribution is 2.26. The fraction of sp³-hybridized carbons (Fsp3) is 0.261. The molecule has 1 aliphatic rings. The van der Waals surface area contributed by atoms with Crippen LogP contribution in [0.2, 0.25) is 0 Å². The van der Waals surface area contributed by atoms with Crippen molar-refractivity contribution in [3.8, 4) is 0 Å². The second-order valence-corrected chi connectivity index (χ2v) is 8.04. The van der Waals surface area contributed by atoms with Crippen LogP contribution >= 0.6 is 11.3 Å². The molecule has 6 heteroatoms. The van der Waals surface area contributed by atoms with Crippen LogP contribution in [0.4, 0.5) is 10.1 Å². The van der Waals surface area contributed by atoms with Crippen molar-refractivity contribution in [3.63, 3.8) is 0 Å². The van der Waals surface area contributed by atoms with E-state index in [4.69, 9.17) is 0 Å². The molecule has 0 radical (unpaired) electrons. The van der Waals surface area contributed by atoms with Crippen LogP contribution in [0.1, 0.15) is 16.5 Å². The monoisotopic (exact) mass is 409 g/mol. The summed E-state index contributed by atoms with van der Waals surface area (Å²) in [5, 5.41) is 5.49. The molecule has 1 aromatic heterocycles. The Bertz CT molecular complexity index is 924. The molecule has 1 amide bonds. The summed E-state index contributed by atoms with van der Waals surface area (Å²) in [5.74, 6) is -0.133. The minimum absolute atomic E-state index is 0.000136. The van der Waals surface area contributed by atoms with Gasteiger partial charge in [0.2, 0.25) is 5.91 Å². The lowest BCUT2D eigenvalue weighted by Crippen LogP contribution is -2.51. The number of amides is 1. The van der Waals surface area contributed by atoms with Crippen LogP contribution in [0.5, 0.6) is 0 Å². The summed E-state index contributed by atoms with van der Waals surface area (Å²) in [4.78, 5) is 17.8. The Balaban J connectivity index is 1.35. The third kappa shape index (κ3) is 4.66. The number of carbonyl (C=O) groups is 1. The van der Waals surface area contributed by atoms with Crippen LogP contribution in [0.15, 0.2) is 72.1 Å². The Hall–Kier alpha value is -2.70. The molecule has 1 aliphatic heterocycles. The highest BCUT2D eigenvalue weighted by Gasteiger charge is 2.24. The SMILES string of the molecule is O=C(CN[C@@H](c1ccccc1)c1cccs1)N1CCN(c2ccccc2F)CC1. The number of rotatable bonds is 6. The smallest absolute Gasteiger partial charge is 0.236 e. The topological polar surface area (TPSA) is 35.6 Å². The molecule has 0 bridgehead atoms. The molecule has 0 aliphatic carbocycles. The van der Waals surface area contributed by atoms with E-state index >= 15 is 0 Å². The molecule has 4 nitrogen and oxygen atoms in total. The van der Waals surface area contributed by atoms with Gasteiger partial charge in [0.15, 0.2) is 0 Å². The van der Waals surface area contributed by atoms with E-state index < -0.39 is 0 Å². The molecule has 0 unspecified atom stereocenters. The van der Waals surface area contributed by atoms with Crippen molar-refractivity contribution in [1.82, 2.24) is 10.2 Å². The molecule has 2 aromatic carbocycles. The minimum Gasteiger partial charge on any atom is -0.366 e. The van der Waals surface area contributed by atoms with Crippen LogP contribution in [-0.2, 0) is 4.79 Å². The van der Waals surface area contributed by atoms with Crippen molar-refractivity contribution in [2.24, 2.45) is 0 Å². The highest BCUT2D eigenvalue weighted by molar-refractivity contribution is 7.10. The zero-order valence-corrected chi connectivity index (χ0v) is 16.9. The lowest BCUT2D eigenvalue weighted by molar-refractivity contribution is -0.130. The predicted molar refractivity (Wildman–Crippen MR) is 116 cm³/mol. The van der Waals surface area contributed by atoms with Gasteiger partial charge in [0, 0.05) is 31.1 Å². The van der Waals surface area contributed by atoms with Crippen LogP contribution < -0.4 is 10.2 Å². The van der Waals surface area contributed by atoms with Gasteiger partial charge in [-0.15, -0.1) is 11.3 Å². The van der Waals surface area contributed by atoms with Crippen LogP contribution in [-0.4, -0.2) is 43.5 Å². The lowest BCUT2D eigenvalue weighted by atomic mass is 10.1. The number of nitrogens with zero attached hydrogens (tertiary/aromatic N) is 2. The number of hydrogen-bond acceptors (Lipinski definition) is 4. The molecule has 0 spiro atoms. The number of anilines is 1. The second-order valence-electron chi connectivity index (χ2n) is 7.06. The minimum atomic E-state index is -0.212. The molecule has 1 saturated heterocycles. The van der Waals surface area contributed by atoms with Crippen molar-refractivity contribution in [1.29, 1.82) is 0 Å². The van der Waals surface area contributed by atoms with E-state index in [-0.39, 0.29) is 24.3 Å². The molecule has 1 N–H and O–H groups in total. The van der Waals surface area contributed by atoms with Gasteiger partial charge >= 0.3 is 0 Å². The van der Waals surface area contributed by atoms with Gasteiger partial charge in [-0.05, 0) is 29.1 Å². The number of carbonyl (C=O) groups excluding carboxylic acids is 1. The van der Waals surface area contributed by atoms with E-state index in [2.05, 4.69) is 28.9 Å².